The zero-order valence-corrected chi connectivity index (χ0v) is 15.1. The molecule has 1 heterocycles. The van der Waals surface area contributed by atoms with Crippen LogP contribution in [0, 0.1) is 6.92 Å². The zero-order chi connectivity index (χ0) is 18.7. The topological polar surface area (TPSA) is 34.9 Å². The van der Waals surface area contributed by atoms with Gasteiger partial charge in [0.25, 0.3) is 0 Å². The Morgan fingerprint density at radius 3 is 1.48 bits per heavy atom. The van der Waals surface area contributed by atoms with Crippen LogP contribution in [0.2, 0.25) is 0 Å². The normalized spacial score (nSPS) is 11.3. The van der Waals surface area contributed by atoms with Crippen LogP contribution in [0.25, 0.3) is 0 Å². The third-order valence-corrected chi connectivity index (χ3v) is 4.98. The Balaban J connectivity index is 2.14. The minimum atomic E-state index is -0.671. The Bertz CT molecular complexity index is 941. The van der Waals surface area contributed by atoms with Crippen molar-refractivity contribution in [1.29, 1.82) is 0 Å². The first-order chi connectivity index (χ1) is 13.3. The molecule has 0 amide bonds. The minimum Gasteiger partial charge on any atom is -0.298 e. The van der Waals surface area contributed by atoms with Crippen LogP contribution in [0.1, 0.15) is 32.7 Å². The second kappa shape index (κ2) is 7.04. The summed E-state index contributed by atoms with van der Waals surface area (Å²) >= 11 is 0. The largest absolute Gasteiger partial charge is 0.298 e. The first-order valence-electron chi connectivity index (χ1n) is 8.95. The minimum absolute atomic E-state index is 0.599. The maximum atomic E-state index is 11.5. The molecular formula is C24H20N2O. The first kappa shape index (κ1) is 17.0. The molecule has 0 spiro atoms. The van der Waals surface area contributed by atoms with Crippen molar-refractivity contribution in [2.24, 2.45) is 0 Å². The van der Waals surface area contributed by atoms with Gasteiger partial charge in [0, 0.05) is 6.20 Å². The second-order valence-electron chi connectivity index (χ2n) is 6.54. The number of rotatable bonds is 5. The second-order valence-corrected chi connectivity index (χ2v) is 6.54. The number of aryl methyl sites for hydroxylation is 1. The Kier molecular flexibility index (Phi) is 4.43. The lowest BCUT2D eigenvalue weighted by Gasteiger charge is -2.36. The molecule has 132 valence electrons. The number of hydrogen-bond acceptors (Lipinski definition) is 2. The number of carbonyl (C=O) groups excluding carboxylic acids is 1. The number of carbonyl (C=O) groups is 1. The van der Waals surface area contributed by atoms with Crippen molar-refractivity contribution in [2.75, 3.05) is 0 Å². The van der Waals surface area contributed by atoms with Crippen LogP contribution < -0.4 is 0 Å². The molecule has 0 aliphatic heterocycles. The van der Waals surface area contributed by atoms with Crippen LogP contribution in [-0.4, -0.2) is 16.1 Å². The molecule has 0 radical (unpaired) electrons. The van der Waals surface area contributed by atoms with E-state index in [1.165, 1.54) is 0 Å². The molecule has 0 aliphatic rings. The molecule has 3 nitrogen and oxygen atoms in total. The van der Waals surface area contributed by atoms with Crippen molar-refractivity contribution < 1.29 is 4.79 Å². The van der Waals surface area contributed by atoms with E-state index in [1.807, 2.05) is 72.4 Å². The molecule has 4 aromatic rings. The summed E-state index contributed by atoms with van der Waals surface area (Å²) in [7, 11) is 0. The summed E-state index contributed by atoms with van der Waals surface area (Å²) in [6, 6.07) is 30.9. The van der Waals surface area contributed by atoms with Crippen LogP contribution in [0.3, 0.4) is 0 Å². The Labute approximate surface area is 158 Å². The van der Waals surface area contributed by atoms with Gasteiger partial charge in [-0.15, -0.1) is 0 Å². The summed E-state index contributed by atoms with van der Waals surface area (Å²) < 4.78 is 1.92. The maximum absolute atomic E-state index is 11.5. The van der Waals surface area contributed by atoms with Gasteiger partial charge in [-0.2, -0.15) is 5.10 Å². The smallest absolute Gasteiger partial charge is 0.153 e. The third kappa shape index (κ3) is 2.77. The number of aromatic nitrogens is 2. The van der Waals surface area contributed by atoms with Gasteiger partial charge in [-0.25, -0.2) is 0 Å². The molecule has 0 bridgehead atoms. The summed E-state index contributed by atoms with van der Waals surface area (Å²) in [6.45, 7) is 1.87. The van der Waals surface area contributed by atoms with Crippen molar-refractivity contribution in [2.45, 2.75) is 12.5 Å². The highest BCUT2D eigenvalue weighted by Gasteiger charge is 2.39. The van der Waals surface area contributed by atoms with Gasteiger partial charge in [0.15, 0.2) is 6.29 Å². The SMILES string of the molecule is Cc1nn(C(c2ccccc2)(c2ccccc2)c2ccccc2)cc1C=O. The van der Waals surface area contributed by atoms with Crippen molar-refractivity contribution in [3.8, 4) is 0 Å². The van der Waals surface area contributed by atoms with E-state index >= 15 is 0 Å². The molecule has 0 aliphatic carbocycles. The summed E-state index contributed by atoms with van der Waals surface area (Å²) in [5, 5.41) is 4.77. The molecule has 0 N–H and O–H groups in total. The molecule has 1 aromatic heterocycles. The van der Waals surface area contributed by atoms with Gasteiger partial charge in [0.2, 0.25) is 0 Å². The fraction of sp³-hybridized carbons (Fsp3) is 0.0833. The standard InChI is InChI=1S/C24H20N2O/c1-19-20(18-27)17-26(25-19)24(21-11-5-2-6-12-21,22-13-7-3-8-14-22)23-15-9-4-10-16-23/h2-18H,1H3. The zero-order valence-electron chi connectivity index (χ0n) is 15.1. The maximum Gasteiger partial charge on any atom is 0.153 e. The van der Waals surface area contributed by atoms with Crippen molar-refractivity contribution in [3.05, 3.63) is 125 Å². The first-order valence-corrected chi connectivity index (χ1v) is 8.95. The molecule has 0 saturated carbocycles. The van der Waals surface area contributed by atoms with Crippen LogP contribution in [0.5, 0.6) is 0 Å². The van der Waals surface area contributed by atoms with Crippen LogP contribution >= 0.6 is 0 Å². The molecule has 3 heteroatoms. The molecule has 3 aromatic carbocycles. The quantitative estimate of drug-likeness (QED) is 0.380. The Hall–Kier alpha value is -3.46. The Morgan fingerprint density at radius 1 is 0.741 bits per heavy atom. The van der Waals surface area contributed by atoms with E-state index in [4.69, 9.17) is 5.10 Å². The van der Waals surface area contributed by atoms with Gasteiger partial charge in [-0.3, -0.25) is 9.48 Å². The van der Waals surface area contributed by atoms with Gasteiger partial charge in [0.1, 0.15) is 5.54 Å². The van der Waals surface area contributed by atoms with E-state index in [1.54, 1.807) is 0 Å². The molecule has 4 rings (SSSR count). The van der Waals surface area contributed by atoms with E-state index in [-0.39, 0.29) is 0 Å². The van der Waals surface area contributed by atoms with Gasteiger partial charge in [-0.05, 0) is 23.6 Å². The number of aldehydes is 1. The highest BCUT2D eigenvalue weighted by Crippen LogP contribution is 2.40. The summed E-state index contributed by atoms with van der Waals surface area (Å²) in [6.07, 6.45) is 2.71. The van der Waals surface area contributed by atoms with Crippen molar-refractivity contribution >= 4 is 6.29 Å². The number of hydrogen-bond donors (Lipinski definition) is 0. The fourth-order valence-corrected chi connectivity index (χ4v) is 3.70. The van der Waals surface area contributed by atoms with Gasteiger partial charge in [0.05, 0.1) is 11.3 Å². The molecular weight excluding hydrogens is 332 g/mol. The van der Waals surface area contributed by atoms with Crippen molar-refractivity contribution in [1.82, 2.24) is 9.78 Å². The average molecular weight is 352 g/mol. The highest BCUT2D eigenvalue weighted by molar-refractivity contribution is 5.76. The number of benzene rings is 3. The fourth-order valence-electron chi connectivity index (χ4n) is 3.70. The predicted octanol–water partition coefficient (Wildman–Crippen LogP) is 4.84. The molecule has 27 heavy (non-hydrogen) atoms. The van der Waals surface area contributed by atoms with Gasteiger partial charge in [-0.1, -0.05) is 91.0 Å². The van der Waals surface area contributed by atoms with Crippen LogP contribution in [0.15, 0.2) is 97.2 Å². The average Bonchev–Trinajstić information content (AvgIpc) is 3.12. The lowest BCUT2D eigenvalue weighted by atomic mass is 9.77. The summed E-state index contributed by atoms with van der Waals surface area (Å²) in [4.78, 5) is 11.5. The van der Waals surface area contributed by atoms with E-state index < -0.39 is 5.54 Å². The molecule has 0 saturated heterocycles. The Morgan fingerprint density at radius 2 is 1.15 bits per heavy atom. The summed E-state index contributed by atoms with van der Waals surface area (Å²) in [5.41, 5.74) is 3.90. The predicted molar refractivity (Wildman–Crippen MR) is 107 cm³/mol. The van der Waals surface area contributed by atoms with E-state index in [2.05, 4.69) is 36.4 Å². The lowest BCUT2D eigenvalue weighted by Crippen LogP contribution is -2.38. The van der Waals surface area contributed by atoms with Crippen molar-refractivity contribution in [3.63, 3.8) is 0 Å². The molecule has 0 atom stereocenters. The van der Waals surface area contributed by atoms with E-state index in [0.29, 0.717) is 5.56 Å². The number of nitrogens with zero attached hydrogens (tertiary/aromatic N) is 2. The van der Waals surface area contributed by atoms with E-state index in [9.17, 15) is 4.79 Å². The highest BCUT2D eigenvalue weighted by atomic mass is 16.1. The molecule has 0 unspecified atom stereocenters. The van der Waals surface area contributed by atoms with E-state index in [0.717, 1.165) is 28.7 Å². The van der Waals surface area contributed by atoms with Gasteiger partial charge < -0.3 is 0 Å². The van der Waals surface area contributed by atoms with Crippen LogP contribution in [-0.2, 0) is 5.54 Å². The molecule has 0 fully saturated rings. The monoisotopic (exact) mass is 352 g/mol. The van der Waals surface area contributed by atoms with Crippen LogP contribution in [0.4, 0.5) is 0 Å². The third-order valence-electron chi connectivity index (χ3n) is 4.98. The summed E-state index contributed by atoms with van der Waals surface area (Å²) in [5.74, 6) is 0. The van der Waals surface area contributed by atoms with Gasteiger partial charge >= 0.3 is 0 Å². The lowest BCUT2D eigenvalue weighted by molar-refractivity contribution is 0.112.